The first-order valence-electron chi connectivity index (χ1n) is 5.49. The van der Waals surface area contributed by atoms with Crippen LogP contribution in [0.1, 0.15) is 27.7 Å². The molecule has 0 heterocycles. The van der Waals surface area contributed by atoms with E-state index in [2.05, 4.69) is 0 Å². The molecule has 4 heteroatoms. The average Bonchev–Trinajstić information content (AvgIpc) is 2.30. The molecule has 0 aromatic carbocycles. The fraction of sp³-hybridized carbons (Fsp3) is 0.538. The second kappa shape index (κ2) is 3.00. The molecule has 1 N–H and O–H groups in total. The fourth-order valence-electron chi connectivity index (χ4n) is 3.65. The van der Waals surface area contributed by atoms with Crippen LogP contribution in [0.3, 0.4) is 0 Å². The zero-order chi connectivity index (χ0) is 13.2. The van der Waals surface area contributed by atoms with Gasteiger partial charge < -0.3 is 9.84 Å². The van der Waals surface area contributed by atoms with Crippen molar-refractivity contribution in [2.24, 2.45) is 10.8 Å². The molecule has 0 radical (unpaired) electrons. The highest BCUT2D eigenvalue weighted by Gasteiger charge is 2.75. The highest BCUT2D eigenvalue weighted by atomic mass is 16.5. The minimum Gasteiger partial charge on any atom is -0.478 e. The molecule has 4 nitrogen and oxygen atoms in total. The Bertz CT molecular complexity index is 512. The molecule has 2 aliphatic carbocycles. The summed E-state index contributed by atoms with van der Waals surface area (Å²) in [7, 11) is 1.30. The maximum Gasteiger partial charge on any atom is 0.333 e. The molecule has 0 saturated carbocycles. The molecule has 0 amide bonds. The highest BCUT2D eigenvalue weighted by Crippen LogP contribution is 2.75. The van der Waals surface area contributed by atoms with Crippen LogP contribution in [0.5, 0.6) is 0 Å². The van der Waals surface area contributed by atoms with Crippen molar-refractivity contribution in [3.05, 3.63) is 22.3 Å². The number of hydrogen-bond acceptors (Lipinski definition) is 3. The van der Waals surface area contributed by atoms with Gasteiger partial charge in [-0.25, -0.2) is 4.79 Å². The van der Waals surface area contributed by atoms with E-state index in [0.717, 1.165) is 16.7 Å². The van der Waals surface area contributed by atoms with E-state index in [1.54, 1.807) is 6.92 Å². The largest absolute Gasteiger partial charge is 0.478 e. The van der Waals surface area contributed by atoms with Crippen LogP contribution < -0.4 is 0 Å². The van der Waals surface area contributed by atoms with Gasteiger partial charge >= 0.3 is 11.9 Å². The molecule has 0 aromatic heterocycles. The Balaban J connectivity index is 2.70. The molecule has 0 aromatic rings. The van der Waals surface area contributed by atoms with E-state index in [4.69, 9.17) is 4.74 Å². The van der Waals surface area contributed by atoms with Crippen molar-refractivity contribution in [1.82, 2.24) is 0 Å². The van der Waals surface area contributed by atoms with Crippen LogP contribution in [-0.2, 0) is 14.3 Å². The summed E-state index contributed by atoms with van der Waals surface area (Å²) in [5.74, 6) is -1.50. The first kappa shape index (κ1) is 11.9. The lowest BCUT2D eigenvalue weighted by molar-refractivity contribution is -0.161. The number of esters is 1. The fourth-order valence-corrected chi connectivity index (χ4v) is 3.65. The summed E-state index contributed by atoms with van der Waals surface area (Å²) in [6.07, 6.45) is 0. The van der Waals surface area contributed by atoms with Gasteiger partial charge in [-0.15, -0.1) is 0 Å². The lowest BCUT2D eigenvalue weighted by atomic mass is 9.35. The van der Waals surface area contributed by atoms with Crippen LogP contribution in [0.25, 0.3) is 0 Å². The number of carboxylic acids is 1. The molecule has 92 valence electrons. The summed E-state index contributed by atoms with van der Waals surface area (Å²) in [6, 6.07) is 0. The molecule has 2 atom stereocenters. The molecule has 2 rings (SSSR count). The van der Waals surface area contributed by atoms with Crippen molar-refractivity contribution >= 4 is 11.9 Å². The van der Waals surface area contributed by atoms with Gasteiger partial charge in [-0.3, -0.25) is 4.79 Å². The van der Waals surface area contributed by atoms with Gasteiger partial charge in [0.2, 0.25) is 0 Å². The number of hydrogen-bond donors (Lipinski definition) is 1. The SMILES string of the molecule is COC(=O)C12C(C)=C(C)C1(C)C(C)=C2C(=O)O. The van der Waals surface area contributed by atoms with E-state index in [1.165, 1.54) is 7.11 Å². The summed E-state index contributed by atoms with van der Waals surface area (Å²) in [5.41, 5.74) is 1.31. The number of ether oxygens (including phenoxy) is 1. The number of carbonyl (C=O) groups excluding carboxylic acids is 1. The number of fused-ring (bicyclic) bond motifs is 1. The van der Waals surface area contributed by atoms with Crippen LogP contribution in [0.15, 0.2) is 22.3 Å². The van der Waals surface area contributed by atoms with Gasteiger partial charge in [-0.1, -0.05) is 18.1 Å². The van der Waals surface area contributed by atoms with Crippen LogP contribution >= 0.6 is 0 Å². The summed E-state index contributed by atoms with van der Waals surface area (Å²) in [4.78, 5) is 23.4. The zero-order valence-corrected chi connectivity index (χ0v) is 10.7. The average molecular weight is 236 g/mol. The normalized spacial score (nSPS) is 34.9. The van der Waals surface area contributed by atoms with E-state index in [1.807, 2.05) is 20.8 Å². The van der Waals surface area contributed by atoms with Crippen LogP contribution in [0.4, 0.5) is 0 Å². The molecule has 0 saturated heterocycles. The lowest BCUT2D eigenvalue weighted by Gasteiger charge is -2.65. The van der Waals surface area contributed by atoms with Crippen LogP contribution in [0.2, 0.25) is 0 Å². The third-order valence-electron chi connectivity index (χ3n) is 4.83. The van der Waals surface area contributed by atoms with Crippen LogP contribution in [-0.4, -0.2) is 24.2 Å². The number of carbonyl (C=O) groups is 2. The van der Waals surface area contributed by atoms with Gasteiger partial charge in [0.25, 0.3) is 0 Å². The molecule has 0 bridgehead atoms. The van der Waals surface area contributed by atoms with Crippen molar-refractivity contribution in [1.29, 1.82) is 0 Å². The third kappa shape index (κ3) is 0.841. The molecule has 17 heavy (non-hydrogen) atoms. The van der Waals surface area contributed by atoms with Gasteiger partial charge in [-0.2, -0.15) is 0 Å². The third-order valence-corrected chi connectivity index (χ3v) is 4.83. The Kier molecular flexibility index (Phi) is 2.10. The van der Waals surface area contributed by atoms with Gasteiger partial charge in [0, 0.05) is 5.41 Å². The van der Waals surface area contributed by atoms with Crippen LogP contribution in [0, 0.1) is 10.8 Å². The van der Waals surface area contributed by atoms with Crippen molar-refractivity contribution < 1.29 is 19.4 Å². The van der Waals surface area contributed by atoms with Gasteiger partial charge in [-0.05, 0) is 26.3 Å². The van der Waals surface area contributed by atoms with E-state index in [-0.39, 0.29) is 5.57 Å². The molecule has 0 spiro atoms. The standard InChI is InChI=1S/C13H16O4/c1-6-7(2)13(11(16)17-5)9(10(14)15)8(3)12(6,13)4/h1-5H3,(H,14,15). The first-order valence-corrected chi connectivity index (χ1v) is 5.49. The van der Waals surface area contributed by atoms with Crippen molar-refractivity contribution in [2.75, 3.05) is 7.11 Å². The van der Waals surface area contributed by atoms with E-state index < -0.39 is 22.8 Å². The van der Waals surface area contributed by atoms with E-state index in [0.29, 0.717) is 0 Å². The molecule has 2 unspecified atom stereocenters. The number of methoxy groups -OCH3 is 1. The number of carboxylic acid groups (broad SMARTS) is 1. The summed E-state index contributed by atoms with van der Waals surface area (Å²) >= 11 is 0. The Morgan fingerprint density at radius 1 is 1.12 bits per heavy atom. The second-order valence-corrected chi connectivity index (χ2v) is 4.92. The van der Waals surface area contributed by atoms with Crippen molar-refractivity contribution in [3.63, 3.8) is 0 Å². The highest BCUT2D eigenvalue weighted by molar-refractivity contribution is 6.07. The topological polar surface area (TPSA) is 63.6 Å². The molecular formula is C13H16O4. The van der Waals surface area contributed by atoms with Gasteiger partial charge in [0.1, 0.15) is 5.41 Å². The number of aliphatic carboxylic acids is 1. The summed E-state index contributed by atoms with van der Waals surface area (Å²) < 4.78 is 4.82. The maximum atomic E-state index is 12.0. The smallest absolute Gasteiger partial charge is 0.333 e. The monoisotopic (exact) mass is 236 g/mol. The molecule has 0 aliphatic heterocycles. The van der Waals surface area contributed by atoms with Crippen molar-refractivity contribution in [2.45, 2.75) is 27.7 Å². The Morgan fingerprint density at radius 3 is 2.06 bits per heavy atom. The minimum absolute atomic E-state index is 0.190. The van der Waals surface area contributed by atoms with Crippen molar-refractivity contribution in [3.8, 4) is 0 Å². The maximum absolute atomic E-state index is 12.0. The second-order valence-electron chi connectivity index (χ2n) is 4.92. The minimum atomic E-state index is -1.05. The van der Waals surface area contributed by atoms with E-state index >= 15 is 0 Å². The summed E-state index contributed by atoms with van der Waals surface area (Å²) in [5, 5.41) is 9.27. The van der Waals surface area contributed by atoms with E-state index in [9.17, 15) is 14.7 Å². The predicted octanol–water partition coefficient (Wildman–Crippen LogP) is 1.92. The number of rotatable bonds is 2. The van der Waals surface area contributed by atoms with Gasteiger partial charge in [0.15, 0.2) is 0 Å². The Hall–Kier alpha value is -1.58. The molecular weight excluding hydrogens is 220 g/mol. The summed E-state index contributed by atoms with van der Waals surface area (Å²) in [6.45, 7) is 7.44. The predicted molar refractivity (Wildman–Crippen MR) is 61.3 cm³/mol. The quantitative estimate of drug-likeness (QED) is 0.587. The van der Waals surface area contributed by atoms with Gasteiger partial charge in [0.05, 0.1) is 12.7 Å². The Morgan fingerprint density at radius 2 is 1.65 bits per heavy atom. The number of allylic oxidation sites excluding steroid dienone is 2. The molecule has 0 fully saturated rings. The Labute approximate surface area is 100.0 Å². The first-order chi connectivity index (χ1) is 7.77. The molecule has 2 aliphatic rings. The lowest BCUT2D eigenvalue weighted by Crippen LogP contribution is -2.66. The zero-order valence-electron chi connectivity index (χ0n) is 10.7.